The number of hydrogen-bond donors (Lipinski definition) is 0. The molecule has 0 heterocycles. The predicted octanol–water partition coefficient (Wildman–Crippen LogP) is 3.35. The van der Waals surface area contributed by atoms with Gasteiger partial charge in [0.15, 0.2) is 0 Å². The van der Waals surface area contributed by atoms with E-state index in [0.29, 0.717) is 49.0 Å². The molecule has 0 saturated heterocycles. The Balaban J connectivity index is 1.72. The molecule has 6 atom stereocenters. The Morgan fingerprint density at radius 3 is 2.45 bits per heavy atom. The normalized spacial score (nSPS) is 51.3. The van der Waals surface area contributed by atoms with E-state index in [-0.39, 0.29) is 28.6 Å². The van der Waals surface area contributed by atoms with Gasteiger partial charge in [-0.15, -0.1) is 0 Å². The van der Waals surface area contributed by atoms with E-state index in [1.54, 1.807) is 0 Å². The van der Waals surface area contributed by atoms with Gasteiger partial charge < -0.3 is 0 Å². The fraction of sp³-hybridized carbons (Fsp3) is 0.842. The molecule has 0 unspecified atom stereocenters. The number of carbonyl (C=O) groups excluding carboxylic acids is 3. The molecule has 0 aromatic rings. The summed E-state index contributed by atoms with van der Waals surface area (Å²) in [5.74, 6) is 2.08. The topological polar surface area (TPSA) is 51.2 Å². The van der Waals surface area contributed by atoms with E-state index < -0.39 is 0 Å². The van der Waals surface area contributed by atoms with Gasteiger partial charge in [-0.1, -0.05) is 13.8 Å². The first kappa shape index (κ1) is 14.6. The first-order valence-electron chi connectivity index (χ1n) is 8.94. The van der Waals surface area contributed by atoms with Crippen molar-refractivity contribution in [1.29, 1.82) is 0 Å². The molecule has 0 N–H and O–H groups in total. The third-order valence-electron chi connectivity index (χ3n) is 8.00. The standard InChI is InChI=1S/C19H26O3/c1-18-7-5-12(20)9-11(18)10-15(21)17-13-3-4-16(22)19(13,2)8-6-14(17)18/h11,13-14,17H,3-10H2,1-2H3/t11-,13+,14-,17-,18-,19+/m0/s1. The highest BCUT2D eigenvalue weighted by atomic mass is 16.1. The first-order chi connectivity index (χ1) is 10.4. The van der Waals surface area contributed by atoms with Gasteiger partial charge >= 0.3 is 0 Å². The van der Waals surface area contributed by atoms with Crippen LogP contribution in [0, 0.1) is 34.5 Å². The van der Waals surface area contributed by atoms with Crippen LogP contribution in [0.1, 0.15) is 65.2 Å². The van der Waals surface area contributed by atoms with Gasteiger partial charge in [0.2, 0.25) is 0 Å². The second-order valence-electron chi connectivity index (χ2n) is 8.77. The highest BCUT2D eigenvalue weighted by Gasteiger charge is 2.62. The van der Waals surface area contributed by atoms with Crippen molar-refractivity contribution >= 4 is 17.3 Å². The van der Waals surface area contributed by atoms with Gasteiger partial charge in [-0.25, -0.2) is 0 Å². The van der Waals surface area contributed by atoms with Crippen molar-refractivity contribution < 1.29 is 14.4 Å². The van der Waals surface area contributed by atoms with Crippen molar-refractivity contribution in [3.8, 4) is 0 Å². The molecule has 0 amide bonds. The lowest BCUT2D eigenvalue weighted by molar-refractivity contribution is -0.158. The zero-order chi connectivity index (χ0) is 15.7. The average molecular weight is 302 g/mol. The van der Waals surface area contributed by atoms with Crippen LogP contribution in [0.25, 0.3) is 0 Å². The van der Waals surface area contributed by atoms with Gasteiger partial charge in [-0.3, -0.25) is 14.4 Å². The Morgan fingerprint density at radius 1 is 0.909 bits per heavy atom. The number of Topliss-reactive ketones (excluding diaryl/α,β-unsaturated/α-hetero) is 3. The zero-order valence-corrected chi connectivity index (χ0v) is 13.7. The molecule has 0 aromatic heterocycles. The molecule has 22 heavy (non-hydrogen) atoms. The van der Waals surface area contributed by atoms with Crippen molar-refractivity contribution in [3.63, 3.8) is 0 Å². The Labute approximate surface area is 132 Å². The number of fused-ring (bicyclic) bond motifs is 5. The van der Waals surface area contributed by atoms with Crippen LogP contribution in [0.2, 0.25) is 0 Å². The van der Waals surface area contributed by atoms with Gasteiger partial charge in [0.05, 0.1) is 0 Å². The molecule has 0 radical (unpaired) electrons. The molecule has 0 spiro atoms. The van der Waals surface area contributed by atoms with E-state index in [1.807, 2.05) is 0 Å². The average Bonchev–Trinajstić information content (AvgIpc) is 2.77. The fourth-order valence-electron chi connectivity index (χ4n) is 6.50. The first-order valence-corrected chi connectivity index (χ1v) is 8.94. The molecular formula is C19H26O3. The summed E-state index contributed by atoms with van der Waals surface area (Å²) in [4.78, 5) is 37.1. The van der Waals surface area contributed by atoms with Gasteiger partial charge in [-0.2, -0.15) is 0 Å². The van der Waals surface area contributed by atoms with Crippen LogP contribution in [-0.2, 0) is 14.4 Å². The SMILES string of the molecule is C[C@]12CCC(=O)C[C@H]1CC(=O)[C@H]1[C@H]3CCC(=O)[C@]3(C)CC[C@@H]12. The van der Waals surface area contributed by atoms with E-state index in [0.717, 1.165) is 25.7 Å². The Kier molecular flexibility index (Phi) is 3.00. The summed E-state index contributed by atoms with van der Waals surface area (Å²) in [5, 5.41) is 0. The van der Waals surface area contributed by atoms with Crippen molar-refractivity contribution in [2.24, 2.45) is 34.5 Å². The van der Waals surface area contributed by atoms with Crippen LogP contribution >= 0.6 is 0 Å². The van der Waals surface area contributed by atoms with Gasteiger partial charge in [-0.05, 0) is 48.9 Å². The maximum absolute atomic E-state index is 12.9. The summed E-state index contributed by atoms with van der Waals surface area (Å²) < 4.78 is 0. The van der Waals surface area contributed by atoms with E-state index in [2.05, 4.69) is 13.8 Å². The molecule has 4 aliphatic carbocycles. The predicted molar refractivity (Wildman–Crippen MR) is 82.1 cm³/mol. The minimum absolute atomic E-state index is 0.0830. The number of hydrogen-bond acceptors (Lipinski definition) is 3. The van der Waals surface area contributed by atoms with Crippen molar-refractivity contribution in [2.75, 3.05) is 0 Å². The summed E-state index contributed by atoms with van der Waals surface area (Å²) in [6, 6.07) is 0. The van der Waals surface area contributed by atoms with Crippen molar-refractivity contribution in [1.82, 2.24) is 0 Å². The molecular weight excluding hydrogens is 276 g/mol. The summed E-state index contributed by atoms with van der Waals surface area (Å²) >= 11 is 0. The summed E-state index contributed by atoms with van der Waals surface area (Å²) in [7, 11) is 0. The summed E-state index contributed by atoms with van der Waals surface area (Å²) in [5.41, 5.74) is -0.107. The number of ketones is 3. The van der Waals surface area contributed by atoms with Crippen LogP contribution in [0.5, 0.6) is 0 Å². The van der Waals surface area contributed by atoms with E-state index >= 15 is 0 Å². The lowest BCUT2D eigenvalue weighted by atomic mass is 9.45. The third kappa shape index (κ3) is 1.71. The van der Waals surface area contributed by atoms with Gasteiger partial charge in [0.1, 0.15) is 17.3 Å². The van der Waals surface area contributed by atoms with E-state index in [1.165, 1.54) is 0 Å². The Bertz CT molecular complexity index is 565. The van der Waals surface area contributed by atoms with Crippen LogP contribution in [0.4, 0.5) is 0 Å². The maximum Gasteiger partial charge on any atom is 0.139 e. The fourth-order valence-corrected chi connectivity index (χ4v) is 6.50. The van der Waals surface area contributed by atoms with Crippen LogP contribution < -0.4 is 0 Å². The largest absolute Gasteiger partial charge is 0.300 e. The number of carbonyl (C=O) groups is 3. The zero-order valence-electron chi connectivity index (χ0n) is 13.7. The second-order valence-corrected chi connectivity index (χ2v) is 8.77. The lowest BCUT2D eigenvalue weighted by Gasteiger charge is -2.58. The lowest BCUT2D eigenvalue weighted by Crippen LogP contribution is -2.57. The molecule has 0 aliphatic heterocycles. The molecule has 3 heteroatoms. The molecule has 4 fully saturated rings. The van der Waals surface area contributed by atoms with Gasteiger partial charge in [0.25, 0.3) is 0 Å². The molecule has 4 rings (SSSR count). The third-order valence-corrected chi connectivity index (χ3v) is 8.00. The maximum atomic E-state index is 12.9. The second kappa shape index (κ2) is 4.52. The molecule has 120 valence electrons. The van der Waals surface area contributed by atoms with Gasteiger partial charge in [0, 0.05) is 37.0 Å². The minimum Gasteiger partial charge on any atom is -0.300 e. The Morgan fingerprint density at radius 2 is 1.68 bits per heavy atom. The summed E-state index contributed by atoms with van der Waals surface area (Å²) in [6.45, 7) is 4.43. The smallest absolute Gasteiger partial charge is 0.139 e. The monoisotopic (exact) mass is 302 g/mol. The van der Waals surface area contributed by atoms with Crippen LogP contribution in [0.15, 0.2) is 0 Å². The van der Waals surface area contributed by atoms with E-state index in [9.17, 15) is 14.4 Å². The molecule has 4 saturated carbocycles. The van der Waals surface area contributed by atoms with Crippen LogP contribution in [-0.4, -0.2) is 17.3 Å². The van der Waals surface area contributed by atoms with Crippen molar-refractivity contribution in [3.05, 3.63) is 0 Å². The van der Waals surface area contributed by atoms with Crippen molar-refractivity contribution in [2.45, 2.75) is 65.2 Å². The molecule has 3 nitrogen and oxygen atoms in total. The minimum atomic E-state index is -0.246. The number of rotatable bonds is 0. The van der Waals surface area contributed by atoms with Crippen LogP contribution in [0.3, 0.4) is 0 Å². The molecule has 0 bridgehead atoms. The highest BCUT2D eigenvalue weighted by Crippen LogP contribution is 2.64. The highest BCUT2D eigenvalue weighted by molar-refractivity contribution is 5.91. The Hall–Kier alpha value is -0.990. The summed E-state index contributed by atoms with van der Waals surface area (Å²) in [6.07, 6.45) is 6.32. The molecule has 4 aliphatic rings. The quantitative estimate of drug-likeness (QED) is 0.689. The molecule has 0 aromatic carbocycles. The van der Waals surface area contributed by atoms with E-state index in [4.69, 9.17) is 0 Å².